The molecule has 0 saturated heterocycles. The molecule has 1 amide bonds. The summed E-state index contributed by atoms with van der Waals surface area (Å²) in [4.78, 5) is 13.7. The topological polar surface area (TPSA) is 94.2 Å². The smallest absolute Gasteiger partial charge is 0.311 e. The average molecular weight is 319 g/mol. The molecule has 2 aromatic heterocycles. The number of methoxy groups -OCH3 is 1. The molecule has 0 aliphatic carbocycles. The van der Waals surface area contributed by atoms with Crippen molar-refractivity contribution < 1.29 is 13.9 Å². The maximum Gasteiger partial charge on any atom is 0.311 e. The van der Waals surface area contributed by atoms with Crippen molar-refractivity contribution in [1.29, 1.82) is 0 Å². The number of carbonyl (C=O) groups is 1. The predicted octanol–water partition coefficient (Wildman–Crippen LogP) is 1.49. The molecule has 0 saturated carbocycles. The number of amides is 1. The summed E-state index contributed by atoms with van der Waals surface area (Å²) in [6.07, 6.45) is 0. The van der Waals surface area contributed by atoms with Crippen LogP contribution in [-0.4, -0.2) is 43.9 Å². The Bertz CT molecular complexity index is 800. The summed E-state index contributed by atoms with van der Waals surface area (Å²) in [5, 5.41) is 7.47. The number of hydrogen-bond acceptors (Lipinski definition) is 8. The molecule has 0 aliphatic rings. The van der Waals surface area contributed by atoms with Crippen LogP contribution in [0.4, 0.5) is 0 Å². The van der Waals surface area contributed by atoms with Crippen LogP contribution >= 0.6 is 11.7 Å². The van der Waals surface area contributed by atoms with Crippen LogP contribution in [0, 0.1) is 0 Å². The Hall–Kier alpha value is -2.39. The third-order valence-corrected chi connectivity index (χ3v) is 3.56. The SMILES string of the molecule is COCc1nnc(C(=O)N(C)Cc2ccc3nsnc3c2)o1. The van der Waals surface area contributed by atoms with E-state index < -0.39 is 0 Å². The first-order valence-electron chi connectivity index (χ1n) is 6.45. The number of nitrogens with zero attached hydrogens (tertiary/aromatic N) is 5. The fraction of sp³-hybridized carbons (Fsp3) is 0.308. The maximum atomic E-state index is 12.2. The molecule has 0 atom stereocenters. The quantitative estimate of drug-likeness (QED) is 0.703. The normalized spacial score (nSPS) is 11.0. The molecule has 0 fully saturated rings. The van der Waals surface area contributed by atoms with Crippen molar-refractivity contribution >= 4 is 28.7 Å². The standard InChI is InChI=1S/C13H13N5O3S/c1-18(13(19)12-15-14-11(21-12)7-20-2)6-8-3-4-9-10(5-8)17-22-16-9/h3-5H,6-7H2,1-2H3. The van der Waals surface area contributed by atoms with Crippen LogP contribution in [0.5, 0.6) is 0 Å². The Morgan fingerprint density at radius 1 is 1.32 bits per heavy atom. The van der Waals surface area contributed by atoms with Gasteiger partial charge in [-0.15, -0.1) is 10.2 Å². The molecule has 0 bridgehead atoms. The van der Waals surface area contributed by atoms with Gasteiger partial charge >= 0.3 is 11.8 Å². The van der Waals surface area contributed by atoms with Crippen molar-refractivity contribution in [2.75, 3.05) is 14.2 Å². The fourth-order valence-electron chi connectivity index (χ4n) is 1.96. The van der Waals surface area contributed by atoms with E-state index in [1.807, 2.05) is 18.2 Å². The van der Waals surface area contributed by atoms with E-state index in [1.165, 1.54) is 23.7 Å². The zero-order valence-electron chi connectivity index (χ0n) is 12.0. The van der Waals surface area contributed by atoms with Gasteiger partial charge in [0.2, 0.25) is 5.89 Å². The van der Waals surface area contributed by atoms with Gasteiger partial charge in [-0.25, -0.2) is 0 Å². The van der Waals surface area contributed by atoms with Crippen molar-refractivity contribution in [3.8, 4) is 0 Å². The van der Waals surface area contributed by atoms with Crippen molar-refractivity contribution in [2.24, 2.45) is 0 Å². The van der Waals surface area contributed by atoms with Gasteiger partial charge < -0.3 is 14.1 Å². The summed E-state index contributed by atoms with van der Waals surface area (Å²) in [7, 11) is 3.19. The minimum absolute atomic E-state index is 0.0500. The molecule has 114 valence electrons. The van der Waals surface area contributed by atoms with Gasteiger partial charge in [-0.2, -0.15) is 8.75 Å². The van der Waals surface area contributed by atoms with E-state index in [1.54, 1.807) is 7.05 Å². The van der Waals surface area contributed by atoms with Gasteiger partial charge in [0.25, 0.3) is 0 Å². The zero-order chi connectivity index (χ0) is 15.5. The van der Waals surface area contributed by atoms with Gasteiger partial charge in [0.05, 0.1) is 11.7 Å². The van der Waals surface area contributed by atoms with Gasteiger partial charge in [0.15, 0.2) is 0 Å². The highest BCUT2D eigenvalue weighted by molar-refractivity contribution is 7.00. The maximum absolute atomic E-state index is 12.2. The fourth-order valence-corrected chi connectivity index (χ4v) is 2.47. The molecule has 8 nitrogen and oxygen atoms in total. The predicted molar refractivity (Wildman–Crippen MR) is 78.2 cm³/mol. The second kappa shape index (κ2) is 6.16. The number of rotatable bonds is 5. The Kier molecular flexibility index (Phi) is 4.07. The number of benzene rings is 1. The summed E-state index contributed by atoms with van der Waals surface area (Å²) >= 11 is 1.17. The van der Waals surface area contributed by atoms with Gasteiger partial charge in [-0.3, -0.25) is 4.79 Å². The summed E-state index contributed by atoms with van der Waals surface area (Å²) < 4.78 is 18.5. The van der Waals surface area contributed by atoms with E-state index in [2.05, 4.69) is 18.9 Å². The molecule has 2 heterocycles. The summed E-state index contributed by atoms with van der Waals surface area (Å²) in [5.41, 5.74) is 2.63. The second-order valence-corrected chi connectivity index (χ2v) is 5.21. The van der Waals surface area contributed by atoms with Crippen molar-refractivity contribution in [2.45, 2.75) is 13.2 Å². The van der Waals surface area contributed by atoms with E-state index in [0.29, 0.717) is 6.54 Å². The Morgan fingerprint density at radius 3 is 2.95 bits per heavy atom. The summed E-state index contributed by atoms with van der Waals surface area (Å²) in [5.74, 6) is -0.119. The molecule has 0 unspecified atom stereocenters. The van der Waals surface area contributed by atoms with E-state index in [9.17, 15) is 4.79 Å². The highest BCUT2D eigenvalue weighted by Gasteiger charge is 2.19. The number of carbonyl (C=O) groups excluding carboxylic acids is 1. The minimum Gasteiger partial charge on any atom is -0.414 e. The molecule has 3 rings (SSSR count). The number of fused-ring (bicyclic) bond motifs is 1. The van der Waals surface area contributed by atoms with Gasteiger partial charge in [-0.05, 0) is 17.7 Å². The van der Waals surface area contributed by atoms with Gasteiger partial charge in [0.1, 0.15) is 17.6 Å². The monoisotopic (exact) mass is 319 g/mol. The van der Waals surface area contributed by atoms with Crippen LogP contribution in [0.2, 0.25) is 0 Å². The first-order valence-corrected chi connectivity index (χ1v) is 7.18. The molecule has 0 spiro atoms. The third-order valence-electron chi connectivity index (χ3n) is 3.00. The third kappa shape index (κ3) is 2.95. The van der Waals surface area contributed by atoms with Crippen molar-refractivity contribution in [3.05, 3.63) is 35.5 Å². The van der Waals surface area contributed by atoms with E-state index in [-0.39, 0.29) is 24.3 Å². The van der Waals surface area contributed by atoms with Crippen LogP contribution < -0.4 is 0 Å². The van der Waals surface area contributed by atoms with E-state index >= 15 is 0 Å². The number of aromatic nitrogens is 4. The van der Waals surface area contributed by atoms with E-state index in [0.717, 1.165) is 16.6 Å². The van der Waals surface area contributed by atoms with Crippen LogP contribution in [0.1, 0.15) is 22.1 Å². The largest absolute Gasteiger partial charge is 0.414 e. The van der Waals surface area contributed by atoms with Crippen molar-refractivity contribution in [1.82, 2.24) is 23.8 Å². The van der Waals surface area contributed by atoms with Crippen LogP contribution in [-0.2, 0) is 17.9 Å². The average Bonchev–Trinajstić information content (AvgIpc) is 3.15. The summed E-state index contributed by atoms with van der Waals surface area (Å²) in [6, 6.07) is 5.71. The zero-order valence-corrected chi connectivity index (χ0v) is 12.8. The molecule has 0 N–H and O–H groups in total. The highest BCUT2D eigenvalue weighted by atomic mass is 32.1. The van der Waals surface area contributed by atoms with Gasteiger partial charge in [0, 0.05) is 20.7 Å². The number of hydrogen-bond donors (Lipinski definition) is 0. The molecule has 9 heteroatoms. The first-order chi connectivity index (χ1) is 10.7. The second-order valence-electron chi connectivity index (χ2n) is 4.68. The van der Waals surface area contributed by atoms with Crippen LogP contribution in [0.15, 0.2) is 22.6 Å². The van der Waals surface area contributed by atoms with Crippen molar-refractivity contribution in [3.63, 3.8) is 0 Å². The molecule has 3 aromatic rings. The number of ether oxygens (including phenoxy) is 1. The lowest BCUT2D eigenvalue weighted by molar-refractivity contribution is 0.0737. The van der Waals surface area contributed by atoms with Gasteiger partial charge in [-0.1, -0.05) is 6.07 Å². The summed E-state index contributed by atoms with van der Waals surface area (Å²) in [6.45, 7) is 0.589. The Balaban J connectivity index is 1.71. The van der Waals surface area contributed by atoms with Crippen LogP contribution in [0.25, 0.3) is 11.0 Å². The Labute approximate surface area is 130 Å². The Morgan fingerprint density at radius 2 is 2.14 bits per heavy atom. The molecule has 22 heavy (non-hydrogen) atoms. The van der Waals surface area contributed by atoms with E-state index in [4.69, 9.17) is 9.15 Å². The lowest BCUT2D eigenvalue weighted by atomic mass is 10.2. The lowest BCUT2D eigenvalue weighted by Crippen LogP contribution is -2.26. The molecule has 1 aromatic carbocycles. The molecular formula is C13H13N5O3S. The minimum atomic E-state index is -0.341. The molecule has 0 radical (unpaired) electrons. The first kappa shape index (κ1) is 14.5. The molecule has 0 aliphatic heterocycles. The lowest BCUT2D eigenvalue weighted by Gasteiger charge is -2.14. The van der Waals surface area contributed by atoms with Crippen LogP contribution in [0.3, 0.4) is 0 Å². The molecular weight excluding hydrogens is 306 g/mol. The highest BCUT2D eigenvalue weighted by Crippen LogP contribution is 2.15.